The van der Waals surface area contributed by atoms with Gasteiger partial charge in [-0.3, -0.25) is 24.0 Å². The number of methoxy groups -OCH3 is 1. The van der Waals surface area contributed by atoms with E-state index in [4.69, 9.17) is 42.6 Å². The summed E-state index contributed by atoms with van der Waals surface area (Å²) in [5.41, 5.74) is 0.873. The van der Waals surface area contributed by atoms with Crippen molar-refractivity contribution < 1.29 is 71.7 Å². The number of carbonyl (C=O) groups excluding carboxylic acids is 5. The van der Waals surface area contributed by atoms with Crippen LogP contribution in [0.5, 0.6) is 0 Å². The molecular formula is C30H41NO15. The van der Waals surface area contributed by atoms with E-state index in [2.05, 4.69) is 5.32 Å². The summed E-state index contributed by atoms with van der Waals surface area (Å²) in [6, 6.07) is 8.13. The van der Waals surface area contributed by atoms with Crippen LogP contribution in [0.3, 0.4) is 0 Å². The Labute approximate surface area is 265 Å². The van der Waals surface area contributed by atoms with Crippen molar-refractivity contribution in [1.82, 2.24) is 5.32 Å². The van der Waals surface area contributed by atoms with Gasteiger partial charge in [0, 0.05) is 41.7 Å². The lowest BCUT2D eigenvalue weighted by Gasteiger charge is -2.48. The van der Waals surface area contributed by atoms with Crippen molar-refractivity contribution in [3.63, 3.8) is 0 Å². The van der Waals surface area contributed by atoms with Crippen LogP contribution in [0.25, 0.3) is 0 Å². The van der Waals surface area contributed by atoms with Crippen LogP contribution in [-0.4, -0.2) is 117 Å². The minimum atomic E-state index is -1.64. The molecule has 1 aromatic carbocycles. The number of rotatable bonds is 13. The first-order valence-corrected chi connectivity index (χ1v) is 14.5. The molecule has 0 bridgehead atoms. The molecule has 0 spiro atoms. The van der Waals surface area contributed by atoms with Gasteiger partial charge in [0.05, 0.1) is 13.2 Å². The molecule has 0 aliphatic carbocycles. The highest BCUT2D eigenvalue weighted by molar-refractivity contribution is 5.73. The molecular weight excluding hydrogens is 614 g/mol. The maximum absolute atomic E-state index is 12.3. The highest BCUT2D eigenvalue weighted by atomic mass is 16.7. The Kier molecular flexibility index (Phi) is 13.8. The summed E-state index contributed by atoms with van der Waals surface area (Å²) in [5.74, 6) is -3.68. The fraction of sp³-hybridized carbons (Fsp3) is 0.633. The number of nitrogens with one attached hydrogen (secondary N) is 1. The Morgan fingerprint density at radius 2 is 1.33 bits per heavy atom. The molecule has 10 atom stereocenters. The largest absolute Gasteiger partial charge is 0.463 e. The van der Waals surface area contributed by atoms with E-state index in [0.717, 1.165) is 33.3 Å². The van der Waals surface area contributed by atoms with Gasteiger partial charge in [-0.05, 0) is 5.56 Å². The van der Waals surface area contributed by atoms with Crippen LogP contribution < -0.4 is 5.32 Å². The maximum atomic E-state index is 12.3. The van der Waals surface area contributed by atoms with Crippen LogP contribution in [0, 0.1) is 0 Å². The number of benzene rings is 1. The summed E-state index contributed by atoms with van der Waals surface area (Å²) >= 11 is 0. The quantitative estimate of drug-likeness (QED) is 0.211. The lowest BCUT2D eigenvalue weighted by Crippen LogP contribution is -2.68. The highest BCUT2D eigenvalue weighted by Crippen LogP contribution is 2.33. The average molecular weight is 656 g/mol. The number of hydrogen-bond acceptors (Lipinski definition) is 15. The van der Waals surface area contributed by atoms with Gasteiger partial charge in [0.1, 0.15) is 37.1 Å². The Balaban J connectivity index is 1.98. The first-order chi connectivity index (χ1) is 21.8. The molecule has 0 aromatic heterocycles. The molecule has 46 heavy (non-hydrogen) atoms. The van der Waals surface area contributed by atoms with Crippen LogP contribution in [0.15, 0.2) is 30.3 Å². The minimum Gasteiger partial charge on any atom is -0.463 e. The van der Waals surface area contributed by atoms with Gasteiger partial charge in [-0.2, -0.15) is 0 Å². The molecule has 1 aromatic rings. The fourth-order valence-corrected chi connectivity index (χ4v) is 5.13. The first-order valence-electron chi connectivity index (χ1n) is 14.5. The SMILES string of the molecule is CO[C@@H]1O[C@H](COCc2ccccc2)[C@@H](O)[C@H](O[C@@H]2O[C@H](COC(C)=O)[C@@H](OC(C)=O)[C@H](OC(C)=O)[C@H]2OC(C)=O)[C@H]1NC(C)=O. The Hall–Kier alpha value is -3.67. The molecule has 16 heteroatoms. The van der Waals surface area contributed by atoms with E-state index in [9.17, 15) is 29.1 Å². The normalized spacial score (nSPS) is 30.8. The van der Waals surface area contributed by atoms with Crippen molar-refractivity contribution in [2.45, 2.75) is 103 Å². The monoisotopic (exact) mass is 655 g/mol. The number of aliphatic hydroxyl groups excluding tert-OH is 1. The molecule has 2 N–H and O–H groups in total. The van der Waals surface area contributed by atoms with Crippen molar-refractivity contribution in [1.29, 1.82) is 0 Å². The van der Waals surface area contributed by atoms with Gasteiger partial charge in [0.15, 0.2) is 30.9 Å². The van der Waals surface area contributed by atoms with Gasteiger partial charge >= 0.3 is 23.9 Å². The summed E-state index contributed by atoms with van der Waals surface area (Å²) in [6.45, 7) is 5.23. The van der Waals surface area contributed by atoms with Crippen LogP contribution >= 0.6 is 0 Å². The standard InChI is InChI=1S/C30H41NO15/c1-15(32)31-23-26(24(37)21(44-29(23)38-6)13-39-12-20-10-8-7-9-11-20)46-30-28(43-19(5)36)27(42-18(4)35)25(41-17(3)34)22(45-30)14-40-16(2)33/h7-11,21-30,37H,12-14H2,1-6H3,(H,31,32)/t21-,22-,23-,24-,25-,26-,27+,28-,29-,30+/m1/s1. The van der Waals surface area contributed by atoms with Crippen molar-refractivity contribution >= 4 is 29.8 Å². The molecule has 2 saturated heterocycles. The summed E-state index contributed by atoms with van der Waals surface area (Å²) in [6.07, 6.45) is -12.5. The van der Waals surface area contributed by atoms with Gasteiger partial charge in [-0.25, -0.2) is 0 Å². The van der Waals surface area contributed by atoms with Crippen LogP contribution in [0.1, 0.15) is 40.2 Å². The molecule has 2 heterocycles. The zero-order valence-corrected chi connectivity index (χ0v) is 26.4. The van der Waals surface area contributed by atoms with Gasteiger partial charge in [-0.1, -0.05) is 30.3 Å². The van der Waals surface area contributed by atoms with E-state index < -0.39 is 97.7 Å². The Morgan fingerprint density at radius 1 is 0.739 bits per heavy atom. The topological polar surface area (TPSA) is 201 Å². The average Bonchev–Trinajstić information content (AvgIpc) is 2.97. The predicted molar refractivity (Wildman–Crippen MR) is 152 cm³/mol. The third-order valence-corrected chi connectivity index (χ3v) is 6.91. The minimum absolute atomic E-state index is 0.124. The smallest absolute Gasteiger partial charge is 0.303 e. The predicted octanol–water partition coefficient (Wildman–Crippen LogP) is -0.0916. The van der Waals surface area contributed by atoms with Crippen LogP contribution in [0.4, 0.5) is 0 Å². The number of aliphatic hydroxyl groups is 1. The molecule has 256 valence electrons. The third kappa shape index (κ3) is 10.4. The number of amides is 1. The van der Waals surface area contributed by atoms with Crippen molar-refractivity contribution in [2.75, 3.05) is 20.3 Å². The fourth-order valence-electron chi connectivity index (χ4n) is 5.13. The lowest BCUT2D eigenvalue weighted by molar-refractivity contribution is -0.345. The summed E-state index contributed by atoms with van der Waals surface area (Å²) in [4.78, 5) is 60.4. The number of carbonyl (C=O) groups is 5. The molecule has 0 saturated carbocycles. The van der Waals surface area contributed by atoms with Crippen molar-refractivity contribution in [2.24, 2.45) is 0 Å². The maximum Gasteiger partial charge on any atom is 0.303 e. The lowest BCUT2D eigenvalue weighted by atomic mass is 9.95. The van der Waals surface area contributed by atoms with E-state index in [0.29, 0.717) is 0 Å². The number of ether oxygens (including phenoxy) is 9. The summed E-state index contributed by atoms with van der Waals surface area (Å²) < 4.78 is 50.9. The first kappa shape index (κ1) is 36.8. The summed E-state index contributed by atoms with van der Waals surface area (Å²) in [5, 5.41) is 14.2. The number of esters is 4. The molecule has 3 rings (SSSR count). The Bertz CT molecular complexity index is 1200. The molecule has 0 unspecified atom stereocenters. The Morgan fingerprint density at radius 3 is 1.89 bits per heavy atom. The summed E-state index contributed by atoms with van der Waals surface area (Å²) in [7, 11) is 1.32. The van der Waals surface area contributed by atoms with Crippen molar-refractivity contribution in [3.8, 4) is 0 Å². The van der Waals surface area contributed by atoms with Crippen LogP contribution in [-0.2, 0) is 73.2 Å². The second kappa shape index (κ2) is 17.3. The second-order valence-electron chi connectivity index (χ2n) is 10.7. The van der Waals surface area contributed by atoms with Gasteiger partial charge in [0.2, 0.25) is 5.91 Å². The molecule has 16 nitrogen and oxygen atoms in total. The zero-order chi connectivity index (χ0) is 34.0. The number of hydrogen-bond donors (Lipinski definition) is 2. The van der Waals surface area contributed by atoms with E-state index >= 15 is 0 Å². The zero-order valence-electron chi connectivity index (χ0n) is 26.4. The van der Waals surface area contributed by atoms with E-state index in [1.54, 1.807) is 0 Å². The molecule has 2 fully saturated rings. The van der Waals surface area contributed by atoms with E-state index in [1.807, 2.05) is 30.3 Å². The van der Waals surface area contributed by atoms with Crippen molar-refractivity contribution in [3.05, 3.63) is 35.9 Å². The molecule has 2 aliphatic rings. The molecule has 0 radical (unpaired) electrons. The van der Waals surface area contributed by atoms with E-state index in [-0.39, 0.29) is 13.2 Å². The molecule has 1 amide bonds. The van der Waals surface area contributed by atoms with Gasteiger partial charge in [-0.15, -0.1) is 0 Å². The second-order valence-corrected chi connectivity index (χ2v) is 10.7. The van der Waals surface area contributed by atoms with Gasteiger partial charge in [0.25, 0.3) is 0 Å². The van der Waals surface area contributed by atoms with E-state index in [1.165, 1.54) is 14.0 Å². The third-order valence-electron chi connectivity index (χ3n) is 6.91. The van der Waals surface area contributed by atoms with Crippen LogP contribution in [0.2, 0.25) is 0 Å². The highest BCUT2D eigenvalue weighted by Gasteiger charge is 2.56. The van der Waals surface area contributed by atoms with Gasteiger partial charge < -0.3 is 53.1 Å². The molecule has 2 aliphatic heterocycles.